The molecule has 0 spiro atoms. The molecule has 2 rings (SSSR count). The lowest BCUT2D eigenvalue weighted by Crippen LogP contribution is -2.18. The zero-order chi connectivity index (χ0) is 10.3. The molecule has 0 radical (unpaired) electrons. The third-order valence-electron chi connectivity index (χ3n) is 2.99. The first kappa shape index (κ1) is 9.78. The second kappa shape index (κ2) is 3.13. The van der Waals surface area contributed by atoms with E-state index in [4.69, 9.17) is 0 Å². The number of nitrogens with one attached hydrogen (secondary N) is 1. The lowest BCUT2D eigenvalue weighted by atomic mass is 9.91. The zero-order valence-electron chi connectivity index (χ0n) is 9.22. The number of aromatic amines is 1. The Morgan fingerprint density at radius 2 is 2.14 bits per heavy atom. The van der Waals surface area contributed by atoms with Crippen molar-refractivity contribution in [1.82, 2.24) is 4.98 Å². The van der Waals surface area contributed by atoms with E-state index in [0.29, 0.717) is 0 Å². The molecule has 0 bridgehead atoms. The Hall–Kier alpha value is -0.760. The van der Waals surface area contributed by atoms with Gasteiger partial charge < -0.3 is 10.1 Å². The minimum Gasteiger partial charge on any atom is -0.393 e. The van der Waals surface area contributed by atoms with Crippen LogP contribution in [0, 0.1) is 0 Å². The Labute approximate surface area is 85.3 Å². The van der Waals surface area contributed by atoms with Crippen LogP contribution in [0.3, 0.4) is 0 Å². The maximum absolute atomic E-state index is 9.55. The Balaban J connectivity index is 2.32. The van der Waals surface area contributed by atoms with Gasteiger partial charge in [0, 0.05) is 23.2 Å². The van der Waals surface area contributed by atoms with Gasteiger partial charge >= 0.3 is 0 Å². The number of rotatable bonds is 0. The van der Waals surface area contributed by atoms with Crippen LogP contribution < -0.4 is 0 Å². The molecule has 2 heteroatoms. The SMILES string of the molecule is CC(C)(C)c1cc2c([nH]1)CC(O)CC2. The Kier molecular flexibility index (Phi) is 2.18. The van der Waals surface area contributed by atoms with Crippen molar-refractivity contribution in [3.05, 3.63) is 23.0 Å². The van der Waals surface area contributed by atoms with E-state index in [1.54, 1.807) is 0 Å². The van der Waals surface area contributed by atoms with Crippen LogP contribution in [0.5, 0.6) is 0 Å². The summed E-state index contributed by atoms with van der Waals surface area (Å²) in [4.78, 5) is 3.44. The van der Waals surface area contributed by atoms with Crippen molar-refractivity contribution < 1.29 is 5.11 Å². The van der Waals surface area contributed by atoms with Gasteiger partial charge in [0.25, 0.3) is 0 Å². The number of aliphatic hydroxyl groups excluding tert-OH is 1. The Morgan fingerprint density at radius 3 is 2.79 bits per heavy atom. The van der Waals surface area contributed by atoms with Gasteiger partial charge in [0.15, 0.2) is 0 Å². The molecule has 1 aliphatic carbocycles. The van der Waals surface area contributed by atoms with Crippen molar-refractivity contribution in [2.45, 2.75) is 51.6 Å². The molecule has 0 amide bonds. The highest BCUT2D eigenvalue weighted by molar-refractivity contribution is 5.31. The standard InChI is InChI=1S/C12H19NO/c1-12(2,3)11-6-8-4-5-9(14)7-10(8)13-11/h6,9,13-14H,4-5,7H2,1-3H3. The van der Waals surface area contributed by atoms with Gasteiger partial charge in [-0.3, -0.25) is 0 Å². The predicted molar refractivity (Wildman–Crippen MR) is 57.5 cm³/mol. The van der Waals surface area contributed by atoms with Crippen LogP contribution in [0.25, 0.3) is 0 Å². The molecule has 1 aromatic rings. The maximum atomic E-state index is 9.55. The number of aromatic nitrogens is 1. The van der Waals surface area contributed by atoms with Crippen molar-refractivity contribution in [2.24, 2.45) is 0 Å². The van der Waals surface area contributed by atoms with E-state index in [1.807, 2.05) is 0 Å². The van der Waals surface area contributed by atoms with Crippen molar-refractivity contribution >= 4 is 0 Å². The van der Waals surface area contributed by atoms with Gasteiger partial charge in [0.2, 0.25) is 0 Å². The molecule has 0 saturated heterocycles. The number of hydrogen-bond donors (Lipinski definition) is 2. The van der Waals surface area contributed by atoms with Gasteiger partial charge in [-0.05, 0) is 24.5 Å². The van der Waals surface area contributed by atoms with Crippen LogP contribution in [-0.2, 0) is 18.3 Å². The molecule has 1 aliphatic rings. The van der Waals surface area contributed by atoms with E-state index < -0.39 is 0 Å². The first-order valence-corrected chi connectivity index (χ1v) is 5.36. The van der Waals surface area contributed by atoms with E-state index in [-0.39, 0.29) is 11.5 Å². The second-order valence-electron chi connectivity index (χ2n) is 5.33. The lowest BCUT2D eigenvalue weighted by Gasteiger charge is -2.17. The van der Waals surface area contributed by atoms with Gasteiger partial charge in [0.1, 0.15) is 0 Å². The van der Waals surface area contributed by atoms with Crippen molar-refractivity contribution in [3.63, 3.8) is 0 Å². The van der Waals surface area contributed by atoms with E-state index in [0.717, 1.165) is 19.3 Å². The number of H-pyrrole nitrogens is 1. The van der Waals surface area contributed by atoms with E-state index in [9.17, 15) is 5.11 Å². The molecule has 1 atom stereocenters. The fourth-order valence-corrected chi connectivity index (χ4v) is 2.01. The average molecular weight is 193 g/mol. The topological polar surface area (TPSA) is 36.0 Å². The van der Waals surface area contributed by atoms with Crippen molar-refractivity contribution in [1.29, 1.82) is 0 Å². The molecule has 78 valence electrons. The third-order valence-corrected chi connectivity index (χ3v) is 2.99. The third kappa shape index (κ3) is 1.71. The summed E-state index contributed by atoms with van der Waals surface area (Å²) in [6, 6.07) is 2.27. The molecule has 14 heavy (non-hydrogen) atoms. The molecule has 1 heterocycles. The molecular weight excluding hydrogens is 174 g/mol. The lowest BCUT2D eigenvalue weighted by molar-refractivity contribution is 0.157. The number of aliphatic hydroxyl groups is 1. The van der Waals surface area contributed by atoms with Crippen LogP contribution in [0.4, 0.5) is 0 Å². The fraction of sp³-hybridized carbons (Fsp3) is 0.667. The summed E-state index contributed by atoms with van der Waals surface area (Å²) in [7, 11) is 0. The normalized spacial score (nSPS) is 22.1. The first-order valence-electron chi connectivity index (χ1n) is 5.36. The molecule has 1 unspecified atom stereocenters. The molecular formula is C12H19NO. The quantitative estimate of drug-likeness (QED) is 0.651. The molecule has 0 saturated carbocycles. The minimum atomic E-state index is -0.144. The monoisotopic (exact) mass is 193 g/mol. The fourth-order valence-electron chi connectivity index (χ4n) is 2.01. The number of aryl methyl sites for hydroxylation is 1. The van der Waals surface area contributed by atoms with E-state index >= 15 is 0 Å². The maximum Gasteiger partial charge on any atom is 0.0598 e. The zero-order valence-corrected chi connectivity index (χ0v) is 9.22. The van der Waals surface area contributed by atoms with Crippen LogP contribution in [0.15, 0.2) is 6.07 Å². The largest absolute Gasteiger partial charge is 0.393 e. The molecule has 0 aliphatic heterocycles. The highest BCUT2D eigenvalue weighted by Gasteiger charge is 2.23. The number of hydrogen-bond acceptors (Lipinski definition) is 1. The van der Waals surface area contributed by atoms with E-state index in [2.05, 4.69) is 31.8 Å². The second-order valence-corrected chi connectivity index (χ2v) is 5.33. The van der Waals surface area contributed by atoms with Gasteiger partial charge in [-0.15, -0.1) is 0 Å². The van der Waals surface area contributed by atoms with E-state index in [1.165, 1.54) is 17.0 Å². The average Bonchev–Trinajstić information content (AvgIpc) is 2.45. The summed E-state index contributed by atoms with van der Waals surface area (Å²) < 4.78 is 0. The Bertz CT molecular complexity index is 333. The highest BCUT2D eigenvalue weighted by Crippen LogP contribution is 2.28. The number of fused-ring (bicyclic) bond motifs is 1. The van der Waals surface area contributed by atoms with Crippen LogP contribution in [0.2, 0.25) is 0 Å². The molecule has 2 nitrogen and oxygen atoms in total. The van der Waals surface area contributed by atoms with Gasteiger partial charge in [-0.2, -0.15) is 0 Å². The molecule has 1 aromatic heterocycles. The van der Waals surface area contributed by atoms with Crippen LogP contribution >= 0.6 is 0 Å². The molecule has 0 aromatic carbocycles. The van der Waals surface area contributed by atoms with Gasteiger partial charge in [-0.1, -0.05) is 20.8 Å². The van der Waals surface area contributed by atoms with Gasteiger partial charge in [0.05, 0.1) is 6.10 Å². The van der Waals surface area contributed by atoms with Gasteiger partial charge in [-0.25, -0.2) is 0 Å². The predicted octanol–water partition coefficient (Wildman–Crippen LogP) is 2.16. The van der Waals surface area contributed by atoms with Crippen molar-refractivity contribution in [3.8, 4) is 0 Å². The smallest absolute Gasteiger partial charge is 0.0598 e. The molecule has 2 N–H and O–H groups in total. The summed E-state index contributed by atoms with van der Waals surface area (Å²) in [5, 5.41) is 9.55. The summed E-state index contributed by atoms with van der Waals surface area (Å²) in [6.07, 6.45) is 2.58. The highest BCUT2D eigenvalue weighted by atomic mass is 16.3. The first-order chi connectivity index (χ1) is 6.47. The summed E-state index contributed by atoms with van der Waals surface area (Å²) >= 11 is 0. The summed E-state index contributed by atoms with van der Waals surface area (Å²) in [5.74, 6) is 0. The van der Waals surface area contributed by atoms with Crippen LogP contribution in [-0.4, -0.2) is 16.2 Å². The summed E-state index contributed by atoms with van der Waals surface area (Å²) in [5.41, 5.74) is 4.12. The van der Waals surface area contributed by atoms with Crippen molar-refractivity contribution in [2.75, 3.05) is 0 Å². The van der Waals surface area contributed by atoms with Crippen LogP contribution in [0.1, 0.15) is 44.1 Å². The summed E-state index contributed by atoms with van der Waals surface area (Å²) in [6.45, 7) is 6.63. The minimum absolute atomic E-state index is 0.144. The molecule has 0 fully saturated rings. The Morgan fingerprint density at radius 1 is 1.43 bits per heavy atom.